The van der Waals surface area contributed by atoms with Gasteiger partial charge in [-0.15, -0.1) is 0 Å². The van der Waals surface area contributed by atoms with Crippen LogP contribution in [0.5, 0.6) is 17.2 Å². The summed E-state index contributed by atoms with van der Waals surface area (Å²) in [5, 5.41) is 14.9. The molecule has 1 atom stereocenters. The highest BCUT2D eigenvalue weighted by molar-refractivity contribution is 5.89. The molecule has 3 heterocycles. The Hall–Kier alpha value is -3.43. The van der Waals surface area contributed by atoms with Crippen LogP contribution in [0.4, 0.5) is 4.79 Å². The molecule has 1 aromatic heterocycles. The van der Waals surface area contributed by atoms with Gasteiger partial charge in [-0.2, -0.15) is 0 Å². The third kappa shape index (κ3) is 4.33. The fourth-order valence-corrected chi connectivity index (χ4v) is 6.25. The van der Waals surface area contributed by atoms with Crippen molar-refractivity contribution in [1.29, 1.82) is 0 Å². The number of aliphatic hydroxyl groups is 1. The molecule has 0 bridgehead atoms. The van der Waals surface area contributed by atoms with Gasteiger partial charge < -0.3 is 34.1 Å². The summed E-state index contributed by atoms with van der Waals surface area (Å²) in [4.78, 5) is 17.1. The van der Waals surface area contributed by atoms with Crippen molar-refractivity contribution < 1.29 is 24.1 Å². The molecule has 5 rings (SSSR count). The van der Waals surface area contributed by atoms with Gasteiger partial charge in [-0.05, 0) is 49.2 Å². The normalized spacial score (nSPS) is 18.4. The molecule has 204 valence electrons. The summed E-state index contributed by atoms with van der Waals surface area (Å²) in [6, 6.07) is 11.8. The van der Waals surface area contributed by atoms with E-state index < -0.39 is 0 Å². The van der Waals surface area contributed by atoms with Gasteiger partial charge in [0.05, 0.1) is 39.5 Å². The van der Waals surface area contributed by atoms with Gasteiger partial charge in [0.2, 0.25) is 0 Å². The zero-order chi connectivity index (χ0) is 27.2. The number of nitrogens with zero attached hydrogens (tertiary/aromatic N) is 3. The number of benzene rings is 2. The SMILES string of the molecule is COc1cc(CN2CC3(CN(C(=O)NC(C)C)C3)c3c(n(C)c4cc(OC)ccc34)[C@@H]2CO)cc(OC)c1. The van der Waals surface area contributed by atoms with Crippen molar-refractivity contribution in [1.82, 2.24) is 19.7 Å². The first-order valence-corrected chi connectivity index (χ1v) is 13.0. The Morgan fingerprint density at radius 3 is 2.26 bits per heavy atom. The third-order valence-corrected chi connectivity index (χ3v) is 7.90. The van der Waals surface area contributed by atoms with E-state index in [2.05, 4.69) is 34.0 Å². The van der Waals surface area contributed by atoms with E-state index in [0.717, 1.165) is 39.4 Å². The number of aliphatic hydroxyl groups excluding tert-OH is 1. The van der Waals surface area contributed by atoms with Crippen LogP contribution in [-0.2, 0) is 19.0 Å². The predicted molar refractivity (Wildman–Crippen MR) is 146 cm³/mol. The number of ether oxygens (including phenoxy) is 3. The zero-order valence-corrected chi connectivity index (χ0v) is 23.1. The molecule has 2 aliphatic heterocycles. The molecule has 2 amide bonds. The van der Waals surface area contributed by atoms with E-state index >= 15 is 0 Å². The summed E-state index contributed by atoms with van der Waals surface area (Å²) in [7, 11) is 7.01. The molecule has 1 fully saturated rings. The number of hydrogen-bond donors (Lipinski definition) is 2. The molecule has 9 nitrogen and oxygen atoms in total. The highest BCUT2D eigenvalue weighted by Gasteiger charge is 2.54. The maximum Gasteiger partial charge on any atom is 0.317 e. The number of aromatic nitrogens is 1. The number of fused-ring (bicyclic) bond motifs is 4. The van der Waals surface area contributed by atoms with E-state index in [0.29, 0.717) is 26.2 Å². The average Bonchev–Trinajstić information content (AvgIpc) is 3.18. The fraction of sp³-hybridized carbons (Fsp3) is 0.483. The molecule has 9 heteroatoms. The smallest absolute Gasteiger partial charge is 0.317 e. The first kappa shape index (κ1) is 26.2. The van der Waals surface area contributed by atoms with Crippen molar-refractivity contribution in [2.24, 2.45) is 7.05 Å². The minimum atomic E-state index is -0.258. The first-order chi connectivity index (χ1) is 18.2. The average molecular weight is 523 g/mol. The highest BCUT2D eigenvalue weighted by atomic mass is 16.5. The number of aryl methyl sites for hydroxylation is 1. The van der Waals surface area contributed by atoms with Crippen LogP contribution in [0.15, 0.2) is 36.4 Å². The van der Waals surface area contributed by atoms with Gasteiger partial charge in [0.1, 0.15) is 17.2 Å². The van der Waals surface area contributed by atoms with Crippen LogP contribution >= 0.6 is 0 Å². The molecule has 2 aliphatic rings. The van der Waals surface area contributed by atoms with Crippen LogP contribution in [0.2, 0.25) is 0 Å². The van der Waals surface area contributed by atoms with Crippen LogP contribution in [0.1, 0.15) is 36.7 Å². The molecule has 2 N–H and O–H groups in total. The molecule has 1 saturated heterocycles. The molecule has 1 spiro atoms. The second-order valence-electron chi connectivity index (χ2n) is 10.8. The van der Waals surface area contributed by atoms with Crippen molar-refractivity contribution >= 4 is 16.9 Å². The van der Waals surface area contributed by atoms with E-state index in [4.69, 9.17) is 14.2 Å². The Morgan fingerprint density at radius 2 is 1.68 bits per heavy atom. The largest absolute Gasteiger partial charge is 0.497 e. The number of carbonyl (C=O) groups is 1. The summed E-state index contributed by atoms with van der Waals surface area (Å²) in [5.74, 6) is 2.24. The molecule has 2 aromatic carbocycles. The van der Waals surface area contributed by atoms with Crippen molar-refractivity contribution in [2.75, 3.05) is 47.6 Å². The zero-order valence-electron chi connectivity index (χ0n) is 23.1. The Bertz CT molecular complexity index is 1320. The maximum atomic E-state index is 12.9. The van der Waals surface area contributed by atoms with E-state index in [1.54, 1.807) is 21.3 Å². The lowest BCUT2D eigenvalue weighted by atomic mass is 9.68. The van der Waals surface area contributed by atoms with Crippen LogP contribution in [-0.4, -0.2) is 79.1 Å². The number of rotatable bonds is 7. The van der Waals surface area contributed by atoms with Gasteiger partial charge in [-0.3, -0.25) is 4.90 Å². The van der Waals surface area contributed by atoms with Crippen molar-refractivity contribution in [2.45, 2.75) is 37.9 Å². The lowest BCUT2D eigenvalue weighted by Crippen LogP contribution is -2.69. The summed E-state index contributed by atoms with van der Waals surface area (Å²) in [5.41, 5.74) is 4.15. The quantitative estimate of drug-likeness (QED) is 0.495. The number of nitrogens with one attached hydrogen (secondary N) is 1. The topological polar surface area (TPSA) is 88.4 Å². The molecule has 3 aromatic rings. The summed E-state index contributed by atoms with van der Waals surface area (Å²) in [6.45, 7) is 6.45. The number of hydrogen-bond acceptors (Lipinski definition) is 6. The molecular formula is C29H38N4O5. The van der Waals surface area contributed by atoms with Crippen LogP contribution in [0.3, 0.4) is 0 Å². The van der Waals surface area contributed by atoms with Gasteiger partial charge in [-0.25, -0.2) is 4.79 Å². The lowest BCUT2D eigenvalue weighted by molar-refractivity contribution is 0.00818. The second-order valence-corrected chi connectivity index (χ2v) is 10.8. The fourth-order valence-electron chi connectivity index (χ4n) is 6.25. The van der Waals surface area contributed by atoms with Crippen LogP contribution in [0, 0.1) is 0 Å². The maximum absolute atomic E-state index is 12.9. The minimum absolute atomic E-state index is 0.0248. The Labute approximate surface area is 223 Å². The number of urea groups is 1. The van der Waals surface area contributed by atoms with E-state index in [1.165, 1.54) is 5.56 Å². The Balaban J connectivity index is 1.60. The van der Waals surface area contributed by atoms with E-state index in [-0.39, 0.29) is 30.1 Å². The molecule has 0 saturated carbocycles. The summed E-state index contributed by atoms with van der Waals surface area (Å²) >= 11 is 0. The van der Waals surface area contributed by atoms with E-state index in [9.17, 15) is 9.90 Å². The lowest BCUT2D eigenvalue weighted by Gasteiger charge is -2.56. The van der Waals surface area contributed by atoms with Gasteiger partial charge in [0, 0.05) is 67.9 Å². The van der Waals surface area contributed by atoms with Crippen molar-refractivity contribution in [3.63, 3.8) is 0 Å². The first-order valence-electron chi connectivity index (χ1n) is 13.0. The number of likely N-dealkylation sites (tertiary alicyclic amines) is 1. The molecule has 0 radical (unpaired) electrons. The second kappa shape index (κ2) is 10.0. The molecule has 0 unspecified atom stereocenters. The molecular weight excluding hydrogens is 484 g/mol. The van der Waals surface area contributed by atoms with Gasteiger partial charge in [0.15, 0.2) is 0 Å². The number of carbonyl (C=O) groups excluding carboxylic acids is 1. The highest BCUT2D eigenvalue weighted by Crippen LogP contribution is 2.50. The standard InChI is InChI=1S/C29H38N4O5/c1-18(2)30-28(35)33-16-29(17-33)15-32(13-19-9-21(37-5)11-22(10-19)38-6)25(14-34)27-26(29)23-8-7-20(36-4)12-24(23)31(27)3/h7-12,18,25,34H,13-17H2,1-6H3,(H,30,35)/t25-/m0/s1. The Morgan fingerprint density at radius 1 is 1.03 bits per heavy atom. The predicted octanol–water partition coefficient (Wildman–Crippen LogP) is 3.42. The van der Waals surface area contributed by atoms with Crippen LogP contribution < -0.4 is 19.5 Å². The molecule has 38 heavy (non-hydrogen) atoms. The monoisotopic (exact) mass is 522 g/mol. The third-order valence-electron chi connectivity index (χ3n) is 7.90. The van der Waals surface area contributed by atoms with E-state index in [1.807, 2.05) is 43.0 Å². The number of amides is 2. The molecule has 0 aliphatic carbocycles. The number of methoxy groups -OCH3 is 3. The van der Waals surface area contributed by atoms with Crippen LogP contribution in [0.25, 0.3) is 10.9 Å². The van der Waals surface area contributed by atoms with Crippen molar-refractivity contribution in [3.05, 3.63) is 53.2 Å². The summed E-state index contributed by atoms with van der Waals surface area (Å²) < 4.78 is 18.7. The van der Waals surface area contributed by atoms with Gasteiger partial charge >= 0.3 is 6.03 Å². The minimum Gasteiger partial charge on any atom is -0.497 e. The summed E-state index contributed by atoms with van der Waals surface area (Å²) in [6.07, 6.45) is 0. The van der Waals surface area contributed by atoms with Crippen molar-refractivity contribution in [3.8, 4) is 17.2 Å². The van der Waals surface area contributed by atoms with Gasteiger partial charge in [0.25, 0.3) is 0 Å². The van der Waals surface area contributed by atoms with Gasteiger partial charge in [-0.1, -0.05) is 0 Å². The Kier molecular flexibility index (Phi) is 6.92.